The third kappa shape index (κ3) is 4.69. The van der Waals surface area contributed by atoms with Crippen LogP contribution in [0, 0.1) is 33.1 Å². The number of fused-ring (bicyclic) bond motifs is 1. The molecule has 2 aliphatic heterocycles. The molecule has 0 amide bonds. The molecule has 2 N–H and O–H groups in total. The Balaban J connectivity index is 1.59. The van der Waals surface area contributed by atoms with Crippen molar-refractivity contribution >= 4 is 5.97 Å². The van der Waals surface area contributed by atoms with Crippen molar-refractivity contribution in [1.29, 1.82) is 0 Å². The van der Waals surface area contributed by atoms with Gasteiger partial charge in [0.15, 0.2) is 11.2 Å². The maximum atomic E-state index is 14.1. The predicted molar refractivity (Wildman–Crippen MR) is 160 cm³/mol. The van der Waals surface area contributed by atoms with E-state index in [4.69, 9.17) is 19.4 Å². The van der Waals surface area contributed by atoms with Gasteiger partial charge in [0.05, 0.1) is 0 Å². The number of ether oxygens (including phenoxy) is 1. The molecule has 2 heterocycles. The van der Waals surface area contributed by atoms with Crippen LogP contribution in [0.15, 0.2) is 97.1 Å². The van der Waals surface area contributed by atoms with Crippen LogP contribution in [0.3, 0.4) is 0 Å². The van der Waals surface area contributed by atoms with Crippen LogP contribution in [-0.2, 0) is 35.4 Å². The number of cyclic esters (lactones) is 1. The monoisotopic (exact) mass is 580 g/mol. The molecule has 0 bridgehead atoms. The van der Waals surface area contributed by atoms with Gasteiger partial charge in [-0.25, -0.2) is 9.78 Å². The van der Waals surface area contributed by atoms with Crippen molar-refractivity contribution in [1.82, 2.24) is 0 Å². The third-order valence-corrected chi connectivity index (χ3v) is 9.19. The fourth-order valence-electron chi connectivity index (χ4n) is 6.47. The van der Waals surface area contributed by atoms with Crippen LogP contribution in [0.5, 0.6) is 0 Å². The standard InChI is InChI=1S/C36H36O7/c1-24-5-13-28(14-6-24)34(41-39,29-15-7-25(2)8-16-29)21-33-22-35(30-17-9-26(3)10-18-30,31-19-11-27(4)12-20-31)42-43-36(33,38)23-40-32(33)37/h5-20,38-39H,21-23H2,1-4H3. The fourth-order valence-corrected chi connectivity index (χ4v) is 6.47. The fraction of sp³-hybridized carbons (Fsp3) is 0.306. The van der Waals surface area contributed by atoms with E-state index in [1.54, 1.807) is 0 Å². The summed E-state index contributed by atoms with van der Waals surface area (Å²) < 4.78 is 5.58. The van der Waals surface area contributed by atoms with Gasteiger partial charge in [-0.15, -0.1) is 0 Å². The minimum absolute atomic E-state index is 0.0513. The van der Waals surface area contributed by atoms with Gasteiger partial charge in [-0.2, -0.15) is 4.89 Å². The van der Waals surface area contributed by atoms with Crippen LogP contribution in [0.2, 0.25) is 0 Å². The number of aliphatic hydroxyl groups is 1. The van der Waals surface area contributed by atoms with Crippen LogP contribution < -0.4 is 0 Å². The number of rotatable bonds is 7. The van der Waals surface area contributed by atoms with Gasteiger partial charge in [0.2, 0.25) is 5.79 Å². The molecule has 222 valence electrons. The lowest BCUT2D eigenvalue weighted by molar-refractivity contribution is -0.507. The third-order valence-electron chi connectivity index (χ3n) is 9.19. The van der Waals surface area contributed by atoms with Crippen molar-refractivity contribution in [3.63, 3.8) is 0 Å². The smallest absolute Gasteiger partial charge is 0.318 e. The van der Waals surface area contributed by atoms with Crippen LogP contribution >= 0.6 is 0 Å². The molecule has 43 heavy (non-hydrogen) atoms. The zero-order valence-corrected chi connectivity index (χ0v) is 24.8. The second-order valence-electron chi connectivity index (χ2n) is 12.2. The summed E-state index contributed by atoms with van der Waals surface area (Å²) >= 11 is 0. The van der Waals surface area contributed by atoms with E-state index >= 15 is 0 Å². The molecule has 0 spiro atoms. The maximum Gasteiger partial charge on any atom is 0.318 e. The van der Waals surface area contributed by atoms with Crippen molar-refractivity contribution in [3.05, 3.63) is 142 Å². The second-order valence-corrected chi connectivity index (χ2v) is 12.2. The molecule has 2 unspecified atom stereocenters. The lowest BCUT2D eigenvalue weighted by atomic mass is 9.61. The van der Waals surface area contributed by atoms with E-state index in [0.29, 0.717) is 11.1 Å². The van der Waals surface area contributed by atoms with E-state index < -0.39 is 35.0 Å². The van der Waals surface area contributed by atoms with E-state index in [-0.39, 0.29) is 12.8 Å². The number of hydrogen-bond acceptors (Lipinski definition) is 7. The van der Waals surface area contributed by atoms with Crippen molar-refractivity contribution in [2.24, 2.45) is 5.41 Å². The van der Waals surface area contributed by atoms with E-state index in [1.807, 2.05) is 125 Å². The van der Waals surface area contributed by atoms with Gasteiger partial charge in [0.1, 0.15) is 12.0 Å². The summed E-state index contributed by atoms with van der Waals surface area (Å²) in [6.07, 6.45) is -0.259. The minimum Gasteiger partial charge on any atom is -0.459 e. The molecule has 2 saturated heterocycles. The highest BCUT2D eigenvalue weighted by molar-refractivity contribution is 5.81. The number of hydrogen-bond donors (Lipinski definition) is 2. The van der Waals surface area contributed by atoms with E-state index in [2.05, 4.69) is 0 Å². The molecule has 7 heteroatoms. The second kappa shape index (κ2) is 10.7. The zero-order chi connectivity index (χ0) is 30.5. The molecule has 0 saturated carbocycles. The Bertz CT molecular complexity index is 1520. The lowest BCUT2D eigenvalue weighted by Crippen LogP contribution is -2.62. The SMILES string of the molecule is Cc1ccc(C(CC23CC(c4ccc(C)cc4)(c4ccc(C)cc4)OOC2(O)COC3=O)(OO)c2ccc(C)cc2)cc1. The van der Waals surface area contributed by atoms with Crippen molar-refractivity contribution in [3.8, 4) is 0 Å². The van der Waals surface area contributed by atoms with Gasteiger partial charge in [0, 0.05) is 12.8 Å². The van der Waals surface area contributed by atoms with Gasteiger partial charge in [-0.3, -0.25) is 10.1 Å². The maximum absolute atomic E-state index is 14.1. The van der Waals surface area contributed by atoms with E-state index in [9.17, 15) is 15.2 Å². The van der Waals surface area contributed by atoms with Crippen molar-refractivity contribution in [2.45, 2.75) is 57.5 Å². The Hall–Kier alpha value is -3.85. The summed E-state index contributed by atoms with van der Waals surface area (Å²) in [6, 6.07) is 30.7. The molecular weight excluding hydrogens is 544 g/mol. The first-order valence-electron chi connectivity index (χ1n) is 14.4. The van der Waals surface area contributed by atoms with Gasteiger partial charge in [-0.1, -0.05) is 119 Å². The topological polar surface area (TPSA) is 94.5 Å². The molecule has 4 aromatic carbocycles. The average Bonchev–Trinajstić information content (AvgIpc) is 3.26. The van der Waals surface area contributed by atoms with Crippen molar-refractivity contribution < 1.29 is 34.6 Å². The molecular formula is C36H36O7. The molecule has 2 fully saturated rings. The summed E-state index contributed by atoms with van der Waals surface area (Å²) in [6.45, 7) is 7.48. The molecule has 4 aromatic rings. The Morgan fingerprint density at radius 2 is 1.12 bits per heavy atom. The molecule has 0 radical (unpaired) electrons. The van der Waals surface area contributed by atoms with Gasteiger partial charge in [0.25, 0.3) is 0 Å². The summed E-state index contributed by atoms with van der Waals surface area (Å²) in [7, 11) is 0. The predicted octanol–water partition coefficient (Wildman–Crippen LogP) is 6.57. The lowest BCUT2D eigenvalue weighted by Gasteiger charge is -2.51. The first-order chi connectivity index (χ1) is 20.6. The van der Waals surface area contributed by atoms with Gasteiger partial charge >= 0.3 is 5.97 Å². The molecule has 2 aliphatic rings. The summed E-state index contributed by atoms with van der Waals surface area (Å²) in [5.41, 5.74) is 2.20. The summed E-state index contributed by atoms with van der Waals surface area (Å²) in [5.74, 6) is -2.83. The largest absolute Gasteiger partial charge is 0.459 e. The Kier molecular flexibility index (Phi) is 7.27. The molecule has 2 atom stereocenters. The highest BCUT2D eigenvalue weighted by atomic mass is 17.2. The molecule has 0 aromatic heterocycles. The first kappa shape index (κ1) is 29.2. The molecule has 7 nitrogen and oxygen atoms in total. The average molecular weight is 581 g/mol. The van der Waals surface area contributed by atoms with Crippen molar-refractivity contribution in [2.75, 3.05) is 6.61 Å². The quantitative estimate of drug-likeness (QED) is 0.145. The molecule has 6 rings (SSSR count). The van der Waals surface area contributed by atoms with Crippen LogP contribution in [0.4, 0.5) is 0 Å². The van der Waals surface area contributed by atoms with Crippen LogP contribution in [-0.4, -0.2) is 28.7 Å². The van der Waals surface area contributed by atoms with Crippen LogP contribution in [0.25, 0.3) is 0 Å². The van der Waals surface area contributed by atoms with E-state index in [1.165, 1.54) is 0 Å². The Morgan fingerprint density at radius 3 is 1.53 bits per heavy atom. The normalized spacial score (nSPS) is 23.1. The Labute approximate surface area is 251 Å². The summed E-state index contributed by atoms with van der Waals surface area (Å²) in [5, 5.41) is 22.9. The summed E-state index contributed by atoms with van der Waals surface area (Å²) in [4.78, 5) is 31.7. The first-order valence-corrected chi connectivity index (χ1v) is 14.4. The number of aryl methyl sites for hydroxylation is 4. The number of benzene rings is 4. The Morgan fingerprint density at radius 1 is 0.698 bits per heavy atom. The van der Waals surface area contributed by atoms with Gasteiger partial charge in [-0.05, 0) is 49.9 Å². The highest BCUT2D eigenvalue weighted by Gasteiger charge is 2.73. The number of carbonyl (C=O) groups excluding carboxylic acids is 1. The highest BCUT2D eigenvalue weighted by Crippen LogP contribution is 2.61. The van der Waals surface area contributed by atoms with Crippen LogP contribution in [0.1, 0.15) is 57.3 Å². The zero-order valence-electron chi connectivity index (χ0n) is 24.8. The van der Waals surface area contributed by atoms with Gasteiger partial charge < -0.3 is 9.84 Å². The minimum atomic E-state index is -2.16. The number of carbonyl (C=O) groups is 1. The number of esters is 1. The van der Waals surface area contributed by atoms with E-state index in [0.717, 1.165) is 33.4 Å². The molecule has 0 aliphatic carbocycles.